The van der Waals surface area contributed by atoms with E-state index in [1.165, 1.54) is 0 Å². The number of fused-ring (bicyclic) bond motifs is 1. The van der Waals surface area contributed by atoms with E-state index in [1.807, 2.05) is 24.3 Å². The summed E-state index contributed by atoms with van der Waals surface area (Å²) in [5.74, 6) is -2.55. The number of aliphatic carboxylic acids is 1. The molecule has 35 heavy (non-hydrogen) atoms. The fourth-order valence-corrected chi connectivity index (χ4v) is 4.20. The maximum Gasteiger partial charge on any atom is 0.326 e. The van der Waals surface area contributed by atoms with Crippen molar-refractivity contribution in [2.24, 2.45) is 5.73 Å². The molecule has 1 aromatic carbocycles. The highest BCUT2D eigenvalue weighted by Gasteiger charge is 2.28. The van der Waals surface area contributed by atoms with Crippen molar-refractivity contribution in [2.75, 3.05) is 19.6 Å². The summed E-state index contributed by atoms with van der Waals surface area (Å²) in [4.78, 5) is 52.6. The average molecular weight is 487 g/mol. The Morgan fingerprint density at radius 1 is 1.11 bits per heavy atom. The van der Waals surface area contributed by atoms with Gasteiger partial charge in [0.2, 0.25) is 17.7 Å². The van der Waals surface area contributed by atoms with Crippen molar-refractivity contribution in [1.82, 2.24) is 26.3 Å². The summed E-state index contributed by atoms with van der Waals surface area (Å²) in [6.45, 7) is 0.783. The number of unbranched alkanes of at least 4 members (excludes halogenated alkanes) is 1. The molecule has 0 radical (unpaired) electrons. The van der Waals surface area contributed by atoms with Gasteiger partial charge in [-0.3, -0.25) is 14.4 Å². The minimum absolute atomic E-state index is 0.229. The van der Waals surface area contributed by atoms with Crippen LogP contribution in [0.1, 0.15) is 37.7 Å². The van der Waals surface area contributed by atoms with E-state index in [-0.39, 0.29) is 24.8 Å². The molecule has 3 unspecified atom stereocenters. The van der Waals surface area contributed by atoms with Crippen LogP contribution in [0, 0.1) is 0 Å². The minimum Gasteiger partial charge on any atom is -0.480 e. The van der Waals surface area contributed by atoms with E-state index in [1.54, 1.807) is 6.20 Å². The summed E-state index contributed by atoms with van der Waals surface area (Å²) in [6.07, 6.45) is 5.07. The maximum atomic E-state index is 13.0. The molecule has 190 valence electrons. The first-order chi connectivity index (χ1) is 16.9. The van der Waals surface area contributed by atoms with Gasteiger partial charge in [0.25, 0.3) is 0 Å². The Bertz CT molecular complexity index is 1030. The van der Waals surface area contributed by atoms with Gasteiger partial charge >= 0.3 is 5.97 Å². The molecular formula is C24H34N6O5. The van der Waals surface area contributed by atoms with Crippen LogP contribution in [0.25, 0.3) is 10.9 Å². The summed E-state index contributed by atoms with van der Waals surface area (Å²) in [5.41, 5.74) is 7.21. The highest BCUT2D eigenvalue weighted by Crippen LogP contribution is 2.19. The standard InChI is InChI=1S/C24H34N6O5/c25-10-4-3-8-19(24(34)35)29-21(31)14-28-22(32)20(30-23(33)18-9-5-11-26-18)12-15-13-27-17-7-2-1-6-16(15)17/h1-2,6-7,13,18-20,26-27H,3-5,8-12,14,25H2,(H,28,32)(H,29,31)(H,30,33)(H,34,35). The van der Waals surface area contributed by atoms with Gasteiger partial charge in [-0.15, -0.1) is 0 Å². The molecule has 11 nitrogen and oxygen atoms in total. The highest BCUT2D eigenvalue weighted by molar-refractivity contribution is 5.93. The van der Waals surface area contributed by atoms with Crippen molar-refractivity contribution < 1.29 is 24.3 Å². The number of amides is 3. The summed E-state index contributed by atoms with van der Waals surface area (Å²) in [6, 6.07) is 5.33. The number of benzene rings is 1. The maximum absolute atomic E-state index is 13.0. The molecule has 2 aromatic rings. The third kappa shape index (κ3) is 7.52. The molecule has 3 rings (SSSR count). The molecule has 3 atom stereocenters. The second-order valence-corrected chi connectivity index (χ2v) is 8.73. The molecule has 11 heteroatoms. The summed E-state index contributed by atoms with van der Waals surface area (Å²) in [5, 5.41) is 21.2. The fraction of sp³-hybridized carbons (Fsp3) is 0.500. The Morgan fingerprint density at radius 3 is 2.63 bits per heavy atom. The van der Waals surface area contributed by atoms with Crippen LogP contribution in [-0.4, -0.2) is 71.5 Å². The molecule has 1 aliphatic heterocycles. The molecule has 1 aliphatic rings. The number of para-hydroxylation sites is 1. The van der Waals surface area contributed by atoms with E-state index < -0.39 is 36.4 Å². The van der Waals surface area contributed by atoms with Crippen LogP contribution in [0.15, 0.2) is 30.5 Å². The molecule has 1 saturated heterocycles. The molecule has 0 bridgehead atoms. The third-order valence-corrected chi connectivity index (χ3v) is 6.11. The van der Waals surface area contributed by atoms with Crippen LogP contribution in [0.5, 0.6) is 0 Å². The smallest absolute Gasteiger partial charge is 0.326 e. The summed E-state index contributed by atoms with van der Waals surface area (Å²) < 4.78 is 0. The van der Waals surface area contributed by atoms with E-state index in [2.05, 4.69) is 26.3 Å². The van der Waals surface area contributed by atoms with Gasteiger partial charge in [-0.1, -0.05) is 18.2 Å². The van der Waals surface area contributed by atoms with E-state index in [9.17, 15) is 24.3 Å². The van der Waals surface area contributed by atoms with Gasteiger partial charge in [0.1, 0.15) is 12.1 Å². The Kier molecular flexibility index (Phi) is 9.62. The van der Waals surface area contributed by atoms with Crippen molar-refractivity contribution in [1.29, 1.82) is 0 Å². The van der Waals surface area contributed by atoms with Gasteiger partial charge < -0.3 is 37.1 Å². The zero-order chi connectivity index (χ0) is 25.2. The number of hydrogen-bond acceptors (Lipinski definition) is 6. The number of carboxylic acid groups (broad SMARTS) is 1. The number of carboxylic acids is 1. The highest BCUT2D eigenvalue weighted by atomic mass is 16.4. The molecule has 3 amide bonds. The summed E-state index contributed by atoms with van der Waals surface area (Å²) >= 11 is 0. The quantitative estimate of drug-likeness (QED) is 0.191. The molecule has 0 spiro atoms. The van der Waals surface area contributed by atoms with Crippen molar-refractivity contribution >= 4 is 34.6 Å². The number of nitrogens with one attached hydrogen (secondary N) is 5. The normalized spacial score (nSPS) is 17.0. The molecule has 1 aromatic heterocycles. The SMILES string of the molecule is NCCCCC(NC(=O)CNC(=O)C(Cc1c[nH]c2ccccc12)NC(=O)C1CCCN1)C(=O)O. The Morgan fingerprint density at radius 2 is 1.91 bits per heavy atom. The van der Waals surface area contributed by atoms with Crippen LogP contribution in [0.4, 0.5) is 0 Å². The lowest BCUT2D eigenvalue weighted by atomic mass is 10.0. The number of aromatic nitrogens is 1. The third-order valence-electron chi connectivity index (χ3n) is 6.11. The largest absolute Gasteiger partial charge is 0.480 e. The predicted octanol–water partition coefficient (Wildman–Crippen LogP) is -0.238. The molecule has 1 fully saturated rings. The lowest BCUT2D eigenvalue weighted by molar-refractivity contribution is -0.142. The monoisotopic (exact) mass is 486 g/mol. The van der Waals surface area contributed by atoms with Crippen molar-refractivity contribution in [3.8, 4) is 0 Å². The average Bonchev–Trinajstić information content (AvgIpc) is 3.52. The first kappa shape index (κ1) is 26.2. The van der Waals surface area contributed by atoms with Crippen LogP contribution < -0.4 is 27.0 Å². The lowest BCUT2D eigenvalue weighted by Gasteiger charge is -2.21. The van der Waals surface area contributed by atoms with Gasteiger partial charge in [0.15, 0.2) is 0 Å². The fourth-order valence-electron chi connectivity index (χ4n) is 4.20. The topological polar surface area (TPSA) is 178 Å². The van der Waals surface area contributed by atoms with Crippen LogP contribution in [0.2, 0.25) is 0 Å². The molecular weight excluding hydrogens is 452 g/mol. The van der Waals surface area contributed by atoms with Gasteiger partial charge in [-0.05, 0) is 56.8 Å². The predicted molar refractivity (Wildman–Crippen MR) is 130 cm³/mol. The molecule has 2 heterocycles. The van der Waals surface area contributed by atoms with Crippen LogP contribution >= 0.6 is 0 Å². The first-order valence-corrected chi connectivity index (χ1v) is 12.0. The number of nitrogens with two attached hydrogens (primary N) is 1. The zero-order valence-electron chi connectivity index (χ0n) is 19.6. The first-order valence-electron chi connectivity index (χ1n) is 12.0. The lowest BCUT2D eigenvalue weighted by Crippen LogP contribution is -2.54. The second kappa shape index (κ2) is 12.9. The number of H-pyrrole nitrogens is 1. The summed E-state index contributed by atoms with van der Waals surface area (Å²) in [7, 11) is 0. The van der Waals surface area contributed by atoms with E-state index >= 15 is 0 Å². The van der Waals surface area contributed by atoms with Gasteiger partial charge in [0.05, 0.1) is 12.6 Å². The van der Waals surface area contributed by atoms with Crippen LogP contribution in [-0.2, 0) is 25.6 Å². The number of carbonyl (C=O) groups is 4. The van der Waals surface area contributed by atoms with Crippen molar-refractivity contribution in [3.63, 3.8) is 0 Å². The molecule has 0 aliphatic carbocycles. The van der Waals surface area contributed by atoms with Crippen LogP contribution in [0.3, 0.4) is 0 Å². The number of carbonyl (C=O) groups excluding carboxylic acids is 3. The van der Waals surface area contributed by atoms with Gasteiger partial charge in [-0.25, -0.2) is 4.79 Å². The van der Waals surface area contributed by atoms with Crippen molar-refractivity contribution in [3.05, 3.63) is 36.0 Å². The van der Waals surface area contributed by atoms with Gasteiger partial charge in [0, 0.05) is 23.5 Å². The minimum atomic E-state index is -1.14. The molecule has 0 saturated carbocycles. The number of hydrogen-bond donors (Lipinski definition) is 7. The Labute approximate surface area is 203 Å². The Hall–Kier alpha value is -3.44. The second-order valence-electron chi connectivity index (χ2n) is 8.73. The van der Waals surface area contributed by atoms with Crippen molar-refractivity contribution in [2.45, 2.75) is 56.7 Å². The van der Waals surface area contributed by atoms with E-state index in [0.717, 1.165) is 29.4 Å². The molecule has 8 N–H and O–H groups in total. The van der Waals surface area contributed by atoms with Gasteiger partial charge in [-0.2, -0.15) is 0 Å². The van der Waals surface area contributed by atoms with E-state index in [0.29, 0.717) is 25.8 Å². The number of rotatable bonds is 13. The zero-order valence-corrected chi connectivity index (χ0v) is 19.6. The van der Waals surface area contributed by atoms with E-state index in [4.69, 9.17) is 5.73 Å². The Balaban J connectivity index is 1.63. The number of aromatic amines is 1.